The predicted molar refractivity (Wildman–Crippen MR) is 62.3 cm³/mol. The van der Waals surface area contributed by atoms with E-state index in [1.807, 2.05) is 43.3 Å². The average molecular weight is 225 g/mol. The lowest BCUT2D eigenvalue weighted by Crippen LogP contribution is -2.10. The summed E-state index contributed by atoms with van der Waals surface area (Å²) in [6, 6.07) is 7.93. The Morgan fingerprint density at radius 3 is 2.25 bits per heavy atom. The van der Waals surface area contributed by atoms with Crippen LogP contribution in [0, 0.1) is 0 Å². The van der Waals surface area contributed by atoms with Crippen molar-refractivity contribution >= 4 is 5.69 Å². The molecule has 0 N–H and O–H groups in total. The molecule has 1 aromatic rings. The van der Waals surface area contributed by atoms with Crippen LogP contribution in [0.25, 0.3) is 0 Å². The molecule has 2 rings (SSSR count). The minimum Gasteiger partial charge on any atom is -0.378 e. The van der Waals surface area contributed by atoms with Crippen molar-refractivity contribution in [3.8, 4) is 0 Å². The van der Waals surface area contributed by atoms with Gasteiger partial charge in [0.25, 0.3) is 0 Å². The topological polar surface area (TPSA) is 3.24 Å². The zero-order valence-corrected chi connectivity index (χ0v) is 9.71. The smallest absolute Gasteiger partial charge is 0.248 e. The van der Waals surface area contributed by atoms with Gasteiger partial charge in [0.2, 0.25) is 5.92 Å². The van der Waals surface area contributed by atoms with Gasteiger partial charge >= 0.3 is 0 Å². The number of nitrogens with zero attached hydrogens (tertiary/aromatic N) is 1. The molecule has 0 amide bonds. The van der Waals surface area contributed by atoms with E-state index in [4.69, 9.17) is 0 Å². The predicted octanol–water partition coefficient (Wildman–Crippen LogP) is 3.66. The van der Waals surface area contributed by atoms with Gasteiger partial charge in [0.1, 0.15) is 0 Å². The van der Waals surface area contributed by atoms with E-state index >= 15 is 0 Å². The van der Waals surface area contributed by atoms with Crippen LogP contribution in [0.15, 0.2) is 24.3 Å². The Labute approximate surface area is 95.1 Å². The van der Waals surface area contributed by atoms with Gasteiger partial charge in [-0.05, 0) is 30.0 Å². The van der Waals surface area contributed by atoms with Crippen molar-refractivity contribution in [1.29, 1.82) is 0 Å². The number of halogens is 2. The Bertz CT molecular complexity index is 357. The fraction of sp³-hybridized carbons (Fsp3) is 0.538. The van der Waals surface area contributed by atoms with Crippen molar-refractivity contribution in [2.24, 2.45) is 0 Å². The Morgan fingerprint density at radius 2 is 1.81 bits per heavy atom. The lowest BCUT2D eigenvalue weighted by Gasteiger charge is -2.15. The zero-order chi connectivity index (χ0) is 11.8. The first kappa shape index (κ1) is 11.4. The first-order valence-electron chi connectivity index (χ1n) is 5.63. The molecule has 1 nitrogen and oxygen atoms in total. The van der Waals surface area contributed by atoms with Gasteiger partial charge in [0.05, 0.1) is 0 Å². The zero-order valence-electron chi connectivity index (χ0n) is 9.71. The molecular weight excluding hydrogens is 208 g/mol. The fourth-order valence-corrected chi connectivity index (χ4v) is 2.28. The minimum absolute atomic E-state index is 0.00824. The van der Waals surface area contributed by atoms with E-state index in [1.54, 1.807) is 0 Å². The first-order valence-corrected chi connectivity index (χ1v) is 5.63. The van der Waals surface area contributed by atoms with Crippen molar-refractivity contribution in [3.63, 3.8) is 0 Å². The van der Waals surface area contributed by atoms with Gasteiger partial charge in [-0.25, -0.2) is 8.78 Å². The highest BCUT2D eigenvalue weighted by atomic mass is 19.3. The molecular formula is C13H17F2N. The van der Waals surface area contributed by atoms with Gasteiger partial charge in [-0.3, -0.25) is 0 Å². The van der Waals surface area contributed by atoms with Crippen LogP contribution in [-0.4, -0.2) is 20.0 Å². The molecule has 1 saturated carbocycles. The van der Waals surface area contributed by atoms with Crippen molar-refractivity contribution in [2.75, 3.05) is 19.0 Å². The molecule has 0 aliphatic heterocycles. The van der Waals surface area contributed by atoms with E-state index in [1.165, 1.54) is 0 Å². The van der Waals surface area contributed by atoms with E-state index in [9.17, 15) is 8.78 Å². The molecule has 0 saturated heterocycles. The second-order valence-electron chi connectivity index (χ2n) is 4.78. The number of hydrogen-bond donors (Lipinski definition) is 0. The molecule has 16 heavy (non-hydrogen) atoms. The maximum Gasteiger partial charge on any atom is 0.248 e. The molecule has 1 aromatic carbocycles. The summed E-state index contributed by atoms with van der Waals surface area (Å²) in [7, 11) is 3.94. The van der Waals surface area contributed by atoms with E-state index in [-0.39, 0.29) is 18.8 Å². The van der Waals surface area contributed by atoms with Crippen LogP contribution in [0.2, 0.25) is 0 Å². The van der Waals surface area contributed by atoms with Gasteiger partial charge in [-0.15, -0.1) is 0 Å². The summed E-state index contributed by atoms with van der Waals surface area (Å²) < 4.78 is 26.2. The van der Waals surface area contributed by atoms with E-state index in [0.29, 0.717) is 6.42 Å². The van der Waals surface area contributed by atoms with Gasteiger partial charge in [-0.1, -0.05) is 12.1 Å². The highest BCUT2D eigenvalue weighted by Gasteiger charge is 2.39. The Kier molecular flexibility index (Phi) is 2.87. The molecule has 3 heteroatoms. The third-order valence-electron chi connectivity index (χ3n) is 3.28. The Hall–Kier alpha value is -1.12. The molecule has 1 aliphatic rings. The number of anilines is 1. The Balaban J connectivity index is 2.11. The molecule has 0 bridgehead atoms. The molecule has 88 valence electrons. The molecule has 0 radical (unpaired) electrons. The number of benzene rings is 1. The standard InChI is InChI=1S/C13H17F2N/c1-16(2)12-5-3-10(4-6-12)11-7-8-13(14,15)9-11/h3-6,11H,7-9H2,1-2H3. The summed E-state index contributed by atoms with van der Waals surface area (Å²) in [5, 5.41) is 0. The van der Waals surface area contributed by atoms with Crippen LogP contribution in [0.4, 0.5) is 14.5 Å². The van der Waals surface area contributed by atoms with E-state index in [0.717, 1.165) is 11.3 Å². The molecule has 0 aromatic heterocycles. The number of alkyl halides is 2. The Morgan fingerprint density at radius 1 is 1.19 bits per heavy atom. The van der Waals surface area contributed by atoms with Gasteiger partial charge in [0.15, 0.2) is 0 Å². The van der Waals surface area contributed by atoms with Crippen molar-refractivity contribution < 1.29 is 8.78 Å². The van der Waals surface area contributed by atoms with Crippen LogP contribution in [0.1, 0.15) is 30.7 Å². The summed E-state index contributed by atoms with van der Waals surface area (Å²) in [4.78, 5) is 2.01. The second kappa shape index (κ2) is 4.04. The SMILES string of the molecule is CN(C)c1ccc(C2CCC(F)(F)C2)cc1. The van der Waals surface area contributed by atoms with Crippen LogP contribution in [0.3, 0.4) is 0 Å². The summed E-state index contributed by atoms with van der Waals surface area (Å²) in [5.41, 5.74) is 2.15. The van der Waals surface area contributed by atoms with Crippen molar-refractivity contribution in [2.45, 2.75) is 31.1 Å². The highest BCUT2D eigenvalue weighted by molar-refractivity contribution is 5.46. The average Bonchev–Trinajstić information content (AvgIpc) is 2.59. The maximum atomic E-state index is 13.1. The van der Waals surface area contributed by atoms with Crippen LogP contribution >= 0.6 is 0 Å². The maximum absolute atomic E-state index is 13.1. The van der Waals surface area contributed by atoms with Crippen LogP contribution in [-0.2, 0) is 0 Å². The van der Waals surface area contributed by atoms with Gasteiger partial charge in [0, 0.05) is 32.6 Å². The lowest BCUT2D eigenvalue weighted by molar-refractivity contribution is 0.00777. The monoisotopic (exact) mass is 225 g/mol. The van der Waals surface area contributed by atoms with Gasteiger partial charge in [-0.2, -0.15) is 0 Å². The molecule has 1 atom stereocenters. The summed E-state index contributed by atoms with van der Waals surface area (Å²) in [5.74, 6) is -2.42. The molecule has 0 spiro atoms. The number of rotatable bonds is 2. The van der Waals surface area contributed by atoms with E-state index < -0.39 is 5.92 Å². The molecule has 1 unspecified atom stereocenters. The summed E-state index contributed by atoms with van der Waals surface area (Å²) >= 11 is 0. The lowest BCUT2D eigenvalue weighted by atomic mass is 9.97. The number of hydrogen-bond acceptors (Lipinski definition) is 1. The summed E-state index contributed by atoms with van der Waals surface area (Å²) in [6.07, 6.45) is 0.649. The molecule has 1 fully saturated rings. The molecule has 0 heterocycles. The van der Waals surface area contributed by atoms with Crippen molar-refractivity contribution in [1.82, 2.24) is 0 Å². The summed E-state index contributed by atoms with van der Waals surface area (Å²) in [6.45, 7) is 0. The van der Waals surface area contributed by atoms with Crippen molar-refractivity contribution in [3.05, 3.63) is 29.8 Å². The minimum atomic E-state index is -2.45. The normalized spacial score (nSPS) is 23.4. The fourth-order valence-electron chi connectivity index (χ4n) is 2.28. The third kappa shape index (κ3) is 2.34. The first-order chi connectivity index (χ1) is 7.48. The van der Waals surface area contributed by atoms with E-state index in [2.05, 4.69) is 0 Å². The van der Waals surface area contributed by atoms with Crippen LogP contribution in [0.5, 0.6) is 0 Å². The van der Waals surface area contributed by atoms with Gasteiger partial charge < -0.3 is 4.90 Å². The largest absolute Gasteiger partial charge is 0.378 e. The quantitative estimate of drug-likeness (QED) is 0.742. The molecule has 1 aliphatic carbocycles. The highest BCUT2D eigenvalue weighted by Crippen LogP contribution is 2.44. The second-order valence-corrected chi connectivity index (χ2v) is 4.78. The third-order valence-corrected chi connectivity index (χ3v) is 3.28. The van der Waals surface area contributed by atoms with Crippen LogP contribution < -0.4 is 4.90 Å².